The van der Waals surface area contributed by atoms with Crippen molar-refractivity contribution in [1.82, 2.24) is 9.55 Å². The first kappa shape index (κ1) is 25.6. The van der Waals surface area contributed by atoms with Gasteiger partial charge in [-0.05, 0) is 39.3 Å². The molecule has 9 heteroatoms. The van der Waals surface area contributed by atoms with E-state index >= 15 is 0 Å². The van der Waals surface area contributed by atoms with Crippen LogP contribution in [-0.2, 0) is 15.9 Å². The van der Waals surface area contributed by atoms with Crippen molar-refractivity contribution in [3.05, 3.63) is 138 Å². The molecule has 190 valence electrons. The van der Waals surface area contributed by atoms with Crippen LogP contribution in [-0.4, -0.2) is 49.8 Å². The van der Waals surface area contributed by atoms with Crippen molar-refractivity contribution in [1.29, 1.82) is 0 Å². The molecule has 4 atom stereocenters. The summed E-state index contributed by atoms with van der Waals surface area (Å²) >= 11 is 1.81. The molecule has 4 aromatic rings. The Balaban J connectivity index is 2.05. The van der Waals surface area contributed by atoms with Gasteiger partial charge in [-0.2, -0.15) is 0 Å². The Morgan fingerprint density at radius 1 is 0.865 bits per heavy atom. The number of rotatable bonds is 6. The maximum atomic E-state index is 13.5. The molecule has 5 rings (SSSR count). The minimum Gasteiger partial charge on any atom is -0.394 e. The van der Waals surface area contributed by atoms with Crippen LogP contribution in [0.1, 0.15) is 16.7 Å². The van der Waals surface area contributed by atoms with Crippen molar-refractivity contribution >= 4 is 22.6 Å². The van der Waals surface area contributed by atoms with Gasteiger partial charge in [0, 0.05) is 6.20 Å². The summed E-state index contributed by atoms with van der Waals surface area (Å²) in [5.74, 6) is 0. The predicted octanol–water partition coefficient (Wildman–Crippen LogP) is 1.94. The van der Waals surface area contributed by atoms with Gasteiger partial charge in [0.1, 0.15) is 18.3 Å². The van der Waals surface area contributed by atoms with Crippen LogP contribution in [0.25, 0.3) is 0 Å². The minimum atomic E-state index is -2.04. The van der Waals surface area contributed by atoms with Gasteiger partial charge in [0.15, 0.2) is 5.72 Å². The van der Waals surface area contributed by atoms with Crippen LogP contribution >= 0.6 is 22.6 Å². The van der Waals surface area contributed by atoms with Crippen LogP contribution in [0.15, 0.2) is 107 Å². The van der Waals surface area contributed by atoms with Gasteiger partial charge >= 0.3 is 5.69 Å². The van der Waals surface area contributed by atoms with E-state index in [1.807, 2.05) is 91.0 Å². The predicted molar refractivity (Wildman–Crippen MR) is 145 cm³/mol. The average molecular weight is 612 g/mol. The molecule has 0 spiro atoms. The summed E-state index contributed by atoms with van der Waals surface area (Å²) in [6.45, 7) is -0.608. The van der Waals surface area contributed by atoms with Crippen LogP contribution in [0, 0.1) is 3.57 Å². The van der Waals surface area contributed by atoms with Gasteiger partial charge in [-0.1, -0.05) is 91.0 Å². The molecule has 1 aromatic heterocycles. The minimum absolute atomic E-state index is 0.178. The molecule has 2 heterocycles. The Hall–Kier alpha value is -3.09. The molecule has 1 aliphatic heterocycles. The SMILES string of the molecule is O=c1[nH]c(=O)n([C@]2(C(c3ccccc3)(c3ccccc3)c3ccccc3)O[C@H](CO)[C@@H](O)[C@H]2O)cc1I. The molecule has 0 amide bonds. The third-order valence-electron chi connectivity index (χ3n) is 7.03. The first-order valence-electron chi connectivity index (χ1n) is 11.7. The second-order valence-electron chi connectivity index (χ2n) is 8.93. The van der Waals surface area contributed by atoms with Crippen LogP contribution in [0.2, 0.25) is 0 Å². The summed E-state index contributed by atoms with van der Waals surface area (Å²) in [5, 5.41) is 33.2. The maximum Gasteiger partial charge on any atom is 0.330 e. The highest BCUT2D eigenvalue weighted by Gasteiger charge is 2.68. The summed E-state index contributed by atoms with van der Waals surface area (Å²) in [5.41, 5.74) is -2.92. The number of aliphatic hydroxyl groups excluding tert-OH is 3. The summed E-state index contributed by atoms with van der Waals surface area (Å²) in [7, 11) is 0. The van der Waals surface area contributed by atoms with Gasteiger partial charge in [0.2, 0.25) is 0 Å². The number of H-pyrrole nitrogens is 1. The Morgan fingerprint density at radius 2 is 1.32 bits per heavy atom. The van der Waals surface area contributed by atoms with E-state index in [1.54, 1.807) is 22.6 Å². The zero-order valence-corrected chi connectivity index (χ0v) is 21.7. The smallest absolute Gasteiger partial charge is 0.330 e. The highest BCUT2D eigenvalue weighted by molar-refractivity contribution is 14.1. The lowest BCUT2D eigenvalue weighted by Gasteiger charge is -2.51. The first-order chi connectivity index (χ1) is 17.9. The monoisotopic (exact) mass is 612 g/mol. The van der Waals surface area contributed by atoms with E-state index < -0.39 is 47.3 Å². The molecule has 3 aromatic carbocycles. The fraction of sp³-hybridized carbons (Fsp3) is 0.214. The molecule has 0 saturated carbocycles. The maximum absolute atomic E-state index is 13.5. The normalized spacial score (nSPS) is 23.7. The van der Waals surface area contributed by atoms with Crippen molar-refractivity contribution in [3.8, 4) is 0 Å². The van der Waals surface area contributed by atoms with Gasteiger partial charge < -0.3 is 20.1 Å². The van der Waals surface area contributed by atoms with E-state index in [4.69, 9.17) is 4.74 Å². The number of aliphatic hydroxyl groups is 3. The Bertz CT molecular complexity index is 1400. The van der Waals surface area contributed by atoms with Gasteiger partial charge in [0.25, 0.3) is 5.56 Å². The third kappa shape index (κ3) is 3.80. The van der Waals surface area contributed by atoms with Crippen LogP contribution in [0.4, 0.5) is 0 Å². The van der Waals surface area contributed by atoms with E-state index in [1.165, 1.54) is 6.20 Å². The highest BCUT2D eigenvalue weighted by Crippen LogP contribution is 2.56. The van der Waals surface area contributed by atoms with Crippen molar-refractivity contribution < 1.29 is 20.1 Å². The highest BCUT2D eigenvalue weighted by atomic mass is 127. The molecule has 0 unspecified atom stereocenters. The Morgan fingerprint density at radius 3 is 1.73 bits per heavy atom. The molecule has 8 nitrogen and oxygen atoms in total. The quantitative estimate of drug-likeness (QED) is 0.195. The second kappa shape index (κ2) is 9.99. The Kier molecular flexibility index (Phi) is 6.90. The molecule has 0 aliphatic carbocycles. The number of ether oxygens (including phenoxy) is 1. The summed E-state index contributed by atoms with van der Waals surface area (Å²) in [6.07, 6.45) is -3.15. The largest absolute Gasteiger partial charge is 0.394 e. The molecule has 1 saturated heterocycles. The van der Waals surface area contributed by atoms with E-state index in [-0.39, 0.29) is 3.57 Å². The van der Waals surface area contributed by atoms with E-state index in [0.29, 0.717) is 16.7 Å². The average Bonchev–Trinajstić information content (AvgIpc) is 3.19. The van der Waals surface area contributed by atoms with Crippen molar-refractivity contribution in [2.24, 2.45) is 0 Å². The number of benzene rings is 3. The number of halogens is 1. The lowest BCUT2D eigenvalue weighted by atomic mass is 9.60. The summed E-state index contributed by atoms with van der Waals surface area (Å²) in [4.78, 5) is 28.2. The number of nitrogens with zero attached hydrogens (tertiary/aromatic N) is 1. The summed E-state index contributed by atoms with van der Waals surface area (Å²) in [6, 6.07) is 27.7. The van der Waals surface area contributed by atoms with Gasteiger partial charge in [-0.3, -0.25) is 14.3 Å². The van der Waals surface area contributed by atoms with Crippen LogP contribution in [0.3, 0.4) is 0 Å². The lowest BCUT2D eigenvalue weighted by Crippen LogP contribution is -2.64. The lowest BCUT2D eigenvalue weighted by molar-refractivity contribution is -0.180. The molecule has 37 heavy (non-hydrogen) atoms. The molecular formula is C28H25IN2O6. The fourth-order valence-corrected chi connectivity index (χ4v) is 5.93. The van der Waals surface area contributed by atoms with Gasteiger partial charge in [-0.15, -0.1) is 0 Å². The van der Waals surface area contributed by atoms with Crippen molar-refractivity contribution in [2.75, 3.05) is 6.61 Å². The molecular weight excluding hydrogens is 587 g/mol. The van der Waals surface area contributed by atoms with E-state index in [9.17, 15) is 24.9 Å². The van der Waals surface area contributed by atoms with Crippen molar-refractivity contribution in [2.45, 2.75) is 29.5 Å². The number of nitrogens with one attached hydrogen (secondary N) is 1. The number of aromatic nitrogens is 2. The topological polar surface area (TPSA) is 125 Å². The van der Waals surface area contributed by atoms with Gasteiger partial charge in [-0.25, -0.2) is 4.79 Å². The van der Waals surface area contributed by atoms with E-state index in [0.717, 1.165) is 4.57 Å². The molecule has 0 radical (unpaired) electrons. The third-order valence-corrected chi connectivity index (χ3v) is 7.80. The van der Waals surface area contributed by atoms with Crippen LogP contribution < -0.4 is 11.2 Å². The van der Waals surface area contributed by atoms with Gasteiger partial charge in [0.05, 0.1) is 15.6 Å². The summed E-state index contributed by atoms with van der Waals surface area (Å²) < 4.78 is 7.82. The molecule has 0 bridgehead atoms. The zero-order valence-electron chi connectivity index (χ0n) is 19.6. The number of hydrogen-bond donors (Lipinski definition) is 4. The number of hydrogen-bond acceptors (Lipinski definition) is 6. The molecule has 1 fully saturated rings. The Labute approximate surface area is 226 Å². The standard InChI is InChI=1S/C28H25IN2O6/c29-21-16-31(26(36)30-25(21)35)28(24(34)23(33)22(17-32)37-28)27(18-10-4-1-5-11-18,19-12-6-2-7-13-19)20-14-8-3-9-15-20/h1-16,22-24,32-34H,17H2,(H,30,35,36)/t22-,23-,24-,28+/m1/s1. The van der Waals surface area contributed by atoms with E-state index in [2.05, 4.69) is 4.98 Å². The van der Waals surface area contributed by atoms with Crippen molar-refractivity contribution in [3.63, 3.8) is 0 Å². The molecule has 1 aliphatic rings. The second-order valence-corrected chi connectivity index (χ2v) is 10.1. The molecule has 4 N–H and O–H groups in total. The fourth-order valence-electron chi connectivity index (χ4n) is 5.52. The van der Waals surface area contributed by atoms with Crippen LogP contribution in [0.5, 0.6) is 0 Å². The first-order valence-corrected chi connectivity index (χ1v) is 12.8. The zero-order chi connectivity index (χ0) is 26.2. The number of aromatic amines is 1.